The third-order valence-electron chi connectivity index (χ3n) is 4.46. The van der Waals surface area contributed by atoms with Gasteiger partial charge in [0.15, 0.2) is 0 Å². The van der Waals surface area contributed by atoms with Crippen molar-refractivity contribution < 1.29 is 19.5 Å². The number of anilines is 1. The monoisotopic (exact) mass is 372 g/mol. The molecule has 1 aliphatic heterocycles. The number of carboxylic acids is 1. The number of aromatic nitrogens is 2. The summed E-state index contributed by atoms with van der Waals surface area (Å²) in [7, 11) is 0. The number of hydrogen-bond acceptors (Lipinski definition) is 6. The van der Waals surface area contributed by atoms with E-state index >= 15 is 0 Å². The van der Waals surface area contributed by atoms with Gasteiger partial charge in [-0.1, -0.05) is 0 Å². The maximum Gasteiger partial charge on any atom is 0.303 e. The Morgan fingerprint density at radius 3 is 2.85 bits per heavy atom. The molecule has 0 aliphatic carbocycles. The molecule has 1 aliphatic rings. The van der Waals surface area contributed by atoms with Gasteiger partial charge in [-0.2, -0.15) is 5.10 Å². The van der Waals surface area contributed by atoms with Gasteiger partial charge < -0.3 is 10.4 Å². The minimum absolute atomic E-state index is 0.142. The molecule has 9 nitrogen and oxygen atoms in total. The first-order valence-corrected chi connectivity index (χ1v) is 8.76. The summed E-state index contributed by atoms with van der Waals surface area (Å²) in [5.41, 5.74) is 0.424. The second-order valence-corrected chi connectivity index (χ2v) is 6.44. The van der Waals surface area contributed by atoms with Crippen molar-refractivity contribution in [3.05, 3.63) is 34.7 Å². The Labute approximate surface area is 154 Å². The second kappa shape index (κ2) is 7.98. The molecule has 1 aromatic carbocycles. The molecule has 0 spiro atoms. The highest BCUT2D eigenvalue weighted by atomic mass is 16.4. The number of hydrogen-bond donors (Lipinski definition) is 3. The molecule has 3 N–H and O–H groups in total. The summed E-state index contributed by atoms with van der Waals surface area (Å²) in [6, 6.07) is 4.43. The second-order valence-electron chi connectivity index (χ2n) is 6.44. The maximum absolute atomic E-state index is 12.7. The van der Waals surface area contributed by atoms with Crippen LogP contribution in [0.4, 0.5) is 5.69 Å². The van der Waals surface area contributed by atoms with E-state index in [1.165, 1.54) is 6.20 Å². The number of benzene rings is 1. The third kappa shape index (κ3) is 4.30. The Morgan fingerprint density at radius 2 is 2.11 bits per heavy atom. The summed E-state index contributed by atoms with van der Waals surface area (Å²) < 4.78 is 1.13. The van der Waals surface area contributed by atoms with Crippen LogP contribution in [0.15, 0.2) is 29.2 Å². The van der Waals surface area contributed by atoms with Gasteiger partial charge in [0.05, 0.1) is 11.6 Å². The van der Waals surface area contributed by atoms with Crippen LogP contribution in [0.5, 0.6) is 0 Å². The highest BCUT2D eigenvalue weighted by Gasteiger charge is 2.29. The molecule has 9 heteroatoms. The molecule has 0 bridgehead atoms. The van der Waals surface area contributed by atoms with Crippen LogP contribution in [0.2, 0.25) is 0 Å². The summed E-state index contributed by atoms with van der Waals surface area (Å²) in [5, 5.41) is 19.2. The van der Waals surface area contributed by atoms with E-state index < -0.39 is 17.9 Å². The number of carboxylic acid groups (broad SMARTS) is 1. The number of piperidine rings is 1. The molecule has 1 fully saturated rings. The predicted molar refractivity (Wildman–Crippen MR) is 97.4 cm³/mol. The summed E-state index contributed by atoms with van der Waals surface area (Å²) in [6.45, 7) is 0.625. The number of nitrogens with one attached hydrogen (secondary N) is 2. The van der Waals surface area contributed by atoms with Crippen LogP contribution in [0.3, 0.4) is 0 Å². The number of imide groups is 1. The largest absolute Gasteiger partial charge is 0.481 e. The molecule has 0 radical (unpaired) electrons. The number of unbranched alkanes of at least 4 members (excludes halogenated alkanes) is 1. The van der Waals surface area contributed by atoms with Gasteiger partial charge in [0, 0.05) is 30.5 Å². The molecule has 2 amide bonds. The van der Waals surface area contributed by atoms with Crippen LogP contribution in [0.1, 0.15) is 38.1 Å². The molecule has 1 atom stereocenters. The first-order chi connectivity index (χ1) is 13.0. The topological polar surface area (TPSA) is 130 Å². The summed E-state index contributed by atoms with van der Waals surface area (Å²) in [4.78, 5) is 46.4. The van der Waals surface area contributed by atoms with Crippen LogP contribution in [0, 0.1) is 0 Å². The number of carbonyl (C=O) groups excluding carboxylic acids is 2. The van der Waals surface area contributed by atoms with Crippen molar-refractivity contribution in [2.24, 2.45) is 0 Å². The van der Waals surface area contributed by atoms with Crippen molar-refractivity contribution in [3.63, 3.8) is 0 Å². The van der Waals surface area contributed by atoms with Crippen LogP contribution in [-0.2, 0) is 14.4 Å². The highest BCUT2D eigenvalue weighted by Crippen LogP contribution is 2.19. The van der Waals surface area contributed by atoms with E-state index in [4.69, 9.17) is 5.11 Å². The van der Waals surface area contributed by atoms with E-state index in [9.17, 15) is 19.2 Å². The standard InChI is InChI=1S/C18H20N4O5/c23-15-7-6-14(17(26)21-15)22-18(27)13-5-4-12(9-11(13)10-20-22)19-8-2-1-3-16(24)25/h4-5,9-10,14,19H,1-3,6-8H2,(H,24,25)(H,21,23,26). The van der Waals surface area contributed by atoms with Crippen molar-refractivity contribution in [2.45, 2.75) is 38.1 Å². The SMILES string of the molecule is O=C(O)CCCCNc1ccc2c(=O)n(C3CCC(=O)NC3=O)ncc2c1. The fourth-order valence-corrected chi connectivity index (χ4v) is 3.05. The van der Waals surface area contributed by atoms with E-state index in [-0.39, 0.29) is 30.7 Å². The molecule has 3 rings (SSSR count). The van der Waals surface area contributed by atoms with E-state index in [1.807, 2.05) is 0 Å². The van der Waals surface area contributed by atoms with Gasteiger partial charge in [-0.3, -0.25) is 24.5 Å². The van der Waals surface area contributed by atoms with Crippen LogP contribution in [-0.4, -0.2) is 39.2 Å². The molecule has 27 heavy (non-hydrogen) atoms. The molecule has 1 saturated heterocycles. The van der Waals surface area contributed by atoms with Gasteiger partial charge >= 0.3 is 5.97 Å². The fraction of sp³-hybridized carbons (Fsp3) is 0.389. The first kappa shape index (κ1) is 18.6. The number of nitrogens with zero attached hydrogens (tertiary/aromatic N) is 2. The van der Waals surface area contributed by atoms with Crippen molar-refractivity contribution in [1.29, 1.82) is 0 Å². The zero-order valence-corrected chi connectivity index (χ0v) is 14.6. The van der Waals surface area contributed by atoms with Crippen molar-refractivity contribution in [1.82, 2.24) is 15.1 Å². The van der Waals surface area contributed by atoms with E-state index in [1.54, 1.807) is 18.2 Å². The minimum atomic E-state index is -0.806. The average Bonchev–Trinajstić information content (AvgIpc) is 2.62. The molecule has 2 aromatic rings. The number of rotatable bonds is 7. The lowest BCUT2D eigenvalue weighted by atomic mass is 10.1. The van der Waals surface area contributed by atoms with Gasteiger partial charge in [0.1, 0.15) is 6.04 Å². The van der Waals surface area contributed by atoms with Gasteiger partial charge in [0.2, 0.25) is 5.91 Å². The van der Waals surface area contributed by atoms with Crippen molar-refractivity contribution in [3.8, 4) is 0 Å². The number of amides is 2. The smallest absolute Gasteiger partial charge is 0.303 e. The number of fused-ring (bicyclic) bond motifs is 1. The van der Waals surface area contributed by atoms with Gasteiger partial charge in [-0.15, -0.1) is 0 Å². The lowest BCUT2D eigenvalue weighted by molar-refractivity contribution is -0.138. The fourth-order valence-electron chi connectivity index (χ4n) is 3.05. The first-order valence-electron chi connectivity index (χ1n) is 8.76. The molecule has 142 valence electrons. The van der Waals surface area contributed by atoms with Crippen LogP contribution in [0.25, 0.3) is 10.8 Å². The molecular formula is C18H20N4O5. The lowest BCUT2D eigenvalue weighted by Gasteiger charge is -2.21. The quantitative estimate of drug-likeness (QED) is 0.489. The Balaban J connectivity index is 1.73. The van der Waals surface area contributed by atoms with E-state index in [0.29, 0.717) is 23.7 Å². The molecule has 2 heterocycles. The molecule has 1 aromatic heterocycles. The Morgan fingerprint density at radius 1 is 1.30 bits per heavy atom. The highest BCUT2D eigenvalue weighted by molar-refractivity contribution is 5.99. The maximum atomic E-state index is 12.7. The summed E-state index contributed by atoms with van der Waals surface area (Å²) in [6.07, 6.45) is 3.40. The van der Waals surface area contributed by atoms with E-state index in [0.717, 1.165) is 16.8 Å². The van der Waals surface area contributed by atoms with Crippen molar-refractivity contribution >= 4 is 34.2 Å². The normalized spacial score (nSPS) is 17.0. The zero-order chi connectivity index (χ0) is 19.4. The number of carbonyl (C=O) groups is 3. The van der Waals surface area contributed by atoms with Gasteiger partial charge in [0.25, 0.3) is 11.5 Å². The van der Waals surface area contributed by atoms with E-state index in [2.05, 4.69) is 15.7 Å². The Bertz CT molecular complexity index is 952. The minimum Gasteiger partial charge on any atom is -0.481 e. The molecule has 0 saturated carbocycles. The third-order valence-corrected chi connectivity index (χ3v) is 4.46. The zero-order valence-electron chi connectivity index (χ0n) is 14.6. The summed E-state index contributed by atoms with van der Waals surface area (Å²) in [5.74, 6) is -1.66. The predicted octanol–water partition coefficient (Wildman–Crippen LogP) is 1.04. The van der Waals surface area contributed by atoms with Crippen LogP contribution >= 0.6 is 0 Å². The van der Waals surface area contributed by atoms with Crippen LogP contribution < -0.4 is 16.2 Å². The molecular weight excluding hydrogens is 352 g/mol. The lowest BCUT2D eigenvalue weighted by Crippen LogP contribution is -2.45. The summed E-state index contributed by atoms with van der Waals surface area (Å²) >= 11 is 0. The Kier molecular flexibility index (Phi) is 5.49. The Hall–Kier alpha value is -3.23. The molecule has 1 unspecified atom stereocenters. The van der Waals surface area contributed by atoms with Gasteiger partial charge in [-0.05, 0) is 37.5 Å². The van der Waals surface area contributed by atoms with Crippen molar-refractivity contribution in [2.75, 3.05) is 11.9 Å². The van der Waals surface area contributed by atoms with Gasteiger partial charge in [-0.25, -0.2) is 4.68 Å². The average molecular weight is 372 g/mol. The number of aliphatic carboxylic acids is 1.